The van der Waals surface area contributed by atoms with Crippen molar-refractivity contribution in [2.75, 3.05) is 6.61 Å². The molecule has 0 bridgehead atoms. The van der Waals surface area contributed by atoms with Crippen LogP contribution in [0.25, 0.3) is 11.1 Å². The monoisotopic (exact) mass is 532 g/mol. The number of carboxylic acids is 1. The van der Waals surface area contributed by atoms with Gasteiger partial charge in [0.1, 0.15) is 5.75 Å². The zero-order valence-electron chi connectivity index (χ0n) is 22.9. The topological polar surface area (TPSA) is 46.5 Å². The highest BCUT2D eigenvalue weighted by atomic mass is 19.2. The van der Waals surface area contributed by atoms with E-state index in [1.165, 1.54) is 31.7 Å². The summed E-state index contributed by atoms with van der Waals surface area (Å²) in [5, 5.41) is 8.97. The highest BCUT2D eigenvalue weighted by molar-refractivity contribution is 5.72. The fourth-order valence-electron chi connectivity index (χ4n) is 5.89. The van der Waals surface area contributed by atoms with Crippen molar-refractivity contribution >= 4 is 5.97 Å². The number of halogens is 3. The van der Waals surface area contributed by atoms with E-state index < -0.39 is 23.8 Å². The summed E-state index contributed by atoms with van der Waals surface area (Å²) >= 11 is 0. The molecule has 1 N–H and O–H groups in total. The molecule has 1 fully saturated rings. The fourth-order valence-corrected chi connectivity index (χ4v) is 5.89. The molecule has 0 amide bonds. The van der Waals surface area contributed by atoms with Crippen LogP contribution in [0.4, 0.5) is 13.2 Å². The van der Waals surface area contributed by atoms with Crippen LogP contribution < -0.4 is 4.74 Å². The molecular formula is C32H43F3O3. The van der Waals surface area contributed by atoms with E-state index in [9.17, 15) is 18.0 Å². The van der Waals surface area contributed by atoms with E-state index in [0.717, 1.165) is 56.6 Å². The average molecular weight is 533 g/mol. The Kier molecular flexibility index (Phi) is 12.0. The van der Waals surface area contributed by atoms with Gasteiger partial charge in [0.15, 0.2) is 17.8 Å². The van der Waals surface area contributed by atoms with Crippen LogP contribution in [0.3, 0.4) is 0 Å². The largest absolute Gasteiger partial charge is 0.493 e. The Balaban J connectivity index is 1.71. The van der Waals surface area contributed by atoms with Crippen molar-refractivity contribution in [3.05, 3.63) is 53.6 Å². The Hall–Kier alpha value is -2.50. The summed E-state index contributed by atoms with van der Waals surface area (Å²) in [5.74, 6) is -1.86. The van der Waals surface area contributed by atoms with Crippen molar-refractivity contribution in [1.82, 2.24) is 0 Å². The van der Waals surface area contributed by atoms with Gasteiger partial charge in [-0.25, -0.2) is 18.0 Å². The van der Waals surface area contributed by atoms with Crippen LogP contribution in [-0.2, 0) is 4.79 Å². The number of alkyl halides is 1. The molecule has 1 aliphatic rings. The first-order chi connectivity index (χ1) is 18.3. The zero-order chi connectivity index (χ0) is 27.5. The zero-order valence-corrected chi connectivity index (χ0v) is 22.9. The minimum absolute atomic E-state index is 0.0663. The van der Waals surface area contributed by atoms with Gasteiger partial charge in [-0.05, 0) is 74.0 Å². The molecule has 0 saturated heterocycles. The number of ether oxygens (including phenoxy) is 1. The van der Waals surface area contributed by atoms with Gasteiger partial charge in [-0.1, -0.05) is 76.6 Å². The van der Waals surface area contributed by atoms with Gasteiger partial charge in [0, 0.05) is 11.1 Å². The van der Waals surface area contributed by atoms with Crippen molar-refractivity contribution < 1.29 is 27.8 Å². The quantitative estimate of drug-likeness (QED) is 0.232. The molecule has 210 valence electrons. The van der Waals surface area contributed by atoms with E-state index in [1.807, 2.05) is 25.1 Å². The van der Waals surface area contributed by atoms with Crippen molar-refractivity contribution in [1.29, 1.82) is 0 Å². The van der Waals surface area contributed by atoms with Crippen LogP contribution in [0.15, 0.2) is 36.4 Å². The molecule has 3 rings (SSSR count). The Morgan fingerprint density at radius 1 is 0.974 bits per heavy atom. The second-order valence-corrected chi connectivity index (χ2v) is 10.8. The van der Waals surface area contributed by atoms with E-state index in [4.69, 9.17) is 9.84 Å². The van der Waals surface area contributed by atoms with Crippen molar-refractivity contribution in [2.24, 2.45) is 11.8 Å². The molecule has 2 aromatic rings. The number of hydrogen-bond donors (Lipinski definition) is 1. The highest BCUT2D eigenvalue weighted by Gasteiger charge is 2.31. The summed E-state index contributed by atoms with van der Waals surface area (Å²) in [5.41, 5.74) is 1.87. The van der Waals surface area contributed by atoms with Crippen molar-refractivity contribution in [3.8, 4) is 16.9 Å². The van der Waals surface area contributed by atoms with E-state index >= 15 is 0 Å². The third-order valence-electron chi connectivity index (χ3n) is 8.21. The normalized spacial score (nSPS) is 19.2. The summed E-state index contributed by atoms with van der Waals surface area (Å²) in [6.45, 7) is 4.72. The van der Waals surface area contributed by atoms with Gasteiger partial charge in [0.05, 0.1) is 6.61 Å². The van der Waals surface area contributed by atoms with Gasteiger partial charge in [-0.2, -0.15) is 0 Å². The molecule has 3 nitrogen and oxygen atoms in total. The van der Waals surface area contributed by atoms with E-state index in [-0.39, 0.29) is 17.9 Å². The standard InChI is InChI=1S/C32H43F3O3/c1-3-5-6-7-8-9-19-38-30-21-25(17-18-26(30)27-11-10-12-28(33)31(27)35)24-15-13-23(14-16-24)22(4-2)20-29(34)32(36)37/h10-12,17-18,21-24,29H,3-9,13-16,19-20H2,1-2H3,(H,36,37)/t22?,23?,24?,29-/m0/s1. The summed E-state index contributed by atoms with van der Waals surface area (Å²) in [6.07, 6.45) is 9.54. The lowest BCUT2D eigenvalue weighted by molar-refractivity contribution is -0.143. The number of hydrogen-bond acceptors (Lipinski definition) is 2. The molecular weight excluding hydrogens is 489 g/mol. The Morgan fingerprint density at radius 3 is 2.37 bits per heavy atom. The maximum absolute atomic E-state index is 14.7. The number of benzene rings is 2. The first kappa shape index (κ1) is 30.0. The van der Waals surface area contributed by atoms with Gasteiger partial charge < -0.3 is 9.84 Å². The van der Waals surface area contributed by atoms with Crippen LogP contribution in [0, 0.1) is 23.5 Å². The van der Waals surface area contributed by atoms with E-state index in [1.54, 1.807) is 6.07 Å². The van der Waals surface area contributed by atoms with E-state index in [2.05, 4.69) is 6.92 Å². The molecule has 0 radical (unpaired) electrons. The lowest BCUT2D eigenvalue weighted by Crippen LogP contribution is -2.26. The third-order valence-corrected chi connectivity index (χ3v) is 8.21. The fraction of sp³-hybridized carbons (Fsp3) is 0.594. The summed E-state index contributed by atoms with van der Waals surface area (Å²) in [7, 11) is 0. The van der Waals surface area contributed by atoms with Gasteiger partial charge in [0.25, 0.3) is 0 Å². The Labute approximate surface area is 225 Å². The lowest BCUT2D eigenvalue weighted by atomic mass is 9.71. The molecule has 0 spiro atoms. The molecule has 1 unspecified atom stereocenters. The number of carboxylic acid groups (broad SMARTS) is 1. The highest BCUT2D eigenvalue weighted by Crippen LogP contribution is 2.43. The van der Waals surface area contributed by atoms with E-state index in [0.29, 0.717) is 29.8 Å². The van der Waals surface area contributed by atoms with Crippen LogP contribution >= 0.6 is 0 Å². The van der Waals surface area contributed by atoms with Crippen LogP contribution in [-0.4, -0.2) is 23.9 Å². The predicted octanol–water partition coefficient (Wildman–Crippen LogP) is 9.48. The molecule has 1 aliphatic carbocycles. The maximum Gasteiger partial charge on any atom is 0.338 e. The van der Waals surface area contributed by atoms with Crippen LogP contribution in [0.1, 0.15) is 102 Å². The third kappa shape index (κ3) is 8.25. The molecule has 38 heavy (non-hydrogen) atoms. The summed E-state index contributed by atoms with van der Waals surface area (Å²) in [6, 6.07) is 10.0. The average Bonchev–Trinajstić information content (AvgIpc) is 2.92. The Morgan fingerprint density at radius 2 is 1.68 bits per heavy atom. The second kappa shape index (κ2) is 15.2. The SMILES string of the molecule is CCCCCCCCOc1cc(C2CCC(C(CC)C[C@H](F)C(=O)O)CC2)ccc1-c1cccc(F)c1F. The van der Waals surface area contributed by atoms with Gasteiger partial charge in [-0.15, -0.1) is 0 Å². The minimum Gasteiger partial charge on any atom is -0.493 e. The summed E-state index contributed by atoms with van der Waals surface area (Å²) in [4.78, 5) is 11.0. The molecule has 1 saturated carbocycles. The Bertz CT molecular complexity index is 1020. The second-order valence-electron chi connectivity index (χ2n) is 10.8. The van der Waals surface area contributed by atoms with Gasteiger partial charge in [-0.3, -0.25) is 0 Å². The molecule has 0 aliphatic heterocycles. The molecule has 2 atom stereocenters. The molecule has 2 aromatic carbocycles. The van der Waals surface area contributed by atoms with Crippen LogP contribution in [0.5, 0.6) is 5.75 Å². The first-order valence-electron chi connectivity index (χ1n) is 14.4. The predicted molar refractivity (Wildman–Crippen MR) is 146 cm³/mol. The summed E-state index contributed by atoms with van der Waals surface area (Å²) < 4.78 is 48.7. The smallest absolute Gasteiger partial charge is 0.338 e. The first-order valence-corrected chi connectivity index (χ1v) is 14.4. The van der Waals surface area contributed by atoms with Crippen molar-refractivity contribution in [2.45, 2.75) is 103 Å². The van der Waals surface area contributed by atoms with Gasteiger partial charge >= 0.3 is 5.97 Å². The molecule has 6 heteroatoms. The number of unbranched alkanes of at least 4 members (excludes halogenated alkanes) is 5. The van der Waals surface area contributed by atoms with Gasteiger partial charge in [0.2, 0.25) is 0 Å². The minimum atomic E-state index is -1.81. The maximum atomic E-state index is 14.7. The number of rotatable bonds is 15. The molecule has 0 aromatic heterocycles. The van der Waals surface area contributed by atoms with Crippen LogP contribution in [0.2, 0.25) is 0 Å². The van der Waals surface area contributed by atoms with Crippen molar-refractivity contribution in [3.63, 3.8) is 0 Å². The lowest BCUT2D eigenvalue weighted by Gasteiger charge is -2.34. The number of carbonyl (C=O) groups is 1. The molecule has 0 heterocycles. The number of aliphatic carboxylic acids is 1.